The van der Waals surface area contributed by atoms with Gasteiger partial charge >= 0.3 is 0 Å². The van der Waals surface area contributed by atoms with Gasteiger partial charge in [-0.05, 0) is 42.5 Å². The maximum absolute atomic E-state index is 13.5. The summed E-state index contributed by atoms with van der Waals surface area (Å²) in [5.41, 5.74) is 1.97. The first-order valence-corrected chi connectivity index (χ1v) is 9.19. The fourth-order valence-corrected chi connectivity index (χ4v) is 2.95. The van der Waals surface area contributed by atoms with Crippen molar-refractivity contribution >= 4 is 23.1 Å². The molecule has 1 heterocycles. The van der Waals surface area contributed by atoms with Crippen LogP contribution in [0.3, 0.4) is 0 Å². The fraction of sp³-hybridized carbons (Fsp3) is 0. The Labute approximate surface area is 175 Å². The Bertz CT molecular complexity index is 1240. The van der Waals surface area contributed by atoms with Gasteiger partial charge in [0.15, 0.2) is 0 Å². The van der Waals surface area contributed by atoms with Gasteiger partial charge in [-0.25, -0.2) is 23.1 Å². The van der Waals surface area contributed by atoms with Crippen LogP contribution in [-0.4, -0.2) is 15.9 Å². The van der Waals surface area contributed by atoms with Crippen LogP contribution in [0.5, 0.6) is 0 Å². The molecule has 2 N–H and O–H groups in total. The maximum Gasteiger partial charge on any atom is 0.255 e. The Hall–Kier alpha value is -4.20. The molecule has 0 radical (unpaired) electrons. The summed E-state index contributed by atoms with van der Waals surface area (Å²) >= 11 is 0. The van der Waals surface area contributed by atoms with Crippen LogP contribution in [0.1, 0.15) is 10.4 Å². The van der Waals surface area contributed by atoms with Gasteiger partial charge in [0.05, 0.1) is 5.69 Å². The van der Waals surface area contributed by atoms with Crippen molar-refractivity contribution in [2.24, 2.45) is 0 Å². The number of hydrogen-bond acceptors (Lipinski definition) is 4. The van der Waals surface area contributed by atoms with Crippen molar-refractivity contribution in [3.63, 3.8) is 0 Å². The molecule has 0 fully saturated rings. The molecule has 0 aliphatic rings. The molecular formula is C23H15F3N4O. The first kappa shape index (κ1) is 20.1. The van der Waals surface area contributed by atoms with E-state index < -0.39 is 17.5 Å². The van der Waals surface area contributed by atoms with Gasteiger partial charge in [-0.3, -0.25) is 4.79 Å². The highest BCUT2D eigenvalue weighted by atomic mass is 19.1. The summed E-state index contributed by atoms with van der Waals surface area (Å²) in [6.45, 7) is 0. The average Bonchev–Trinajstić information content (AvgIpc) is 2.73. The monoisotopic (exact) mass is 420 g/mol. The van der Waals surface area contributed by atoms with E-state index in [-0.39, 0.29) is 17.1 Å². The molecule has 4 aromatic rings. The van der Waals surface area contributed by atoms with Crippen molar-refractivity contribution in [2.45, 2.75) is 0 Å². The molecule has 154 valence electrons. The van der Waals surface area contributed by atoms with E-state index in [0.29, 0.717) is 22.8 Å². The number of nitrogens with one attached hydrogen (secondary N) is 2. The van der Waals surface area contributed by atoms with Gasteiger partial charge in [0.2, 0.25) is 0 Å². The predicted octanol–water partition coefficient (Wildman–Crippen LogP) is 5.56. The maximum atomic E-state index is 13.5. The van der Waals surface area contributed by atoms with Gasteiger partial charge in [-0.1, -0.05) is 18.2 Å². The molecule has 0 aliphatic carbocycles. The molecule has 0 saturated carbocycles. The van der Waals surface area contributed by atoms with E-state index in [1.807, 2.05) is 0 Å². The number of rotatable bonds is 5. The number of benzene rings is 3. The summed E-state index contributed by atoms with van der Waals surface area (Å²) in [6.07, 6.45) is 1.34. The highest BCUT2D eigenvalue weighted by molar-refractivity contribution is 6.04. The van der Waals surface area contributed by atoms with Crippen LogP contribution in [0.2, 0.25) is 0 Å². The van der Waals surface area contributed by atoms with Crippen LogP contribution in [0.15, 0.2) is 79.1 Å². The van der Waals surface area contributed by atoms with E-state index in [0.717, 1.165) is 18.2 Å². The summed E-state index contributed by atoms with van der Waals surface area (Å²) in [5.74, 6) is -2.04. The van der Waals surface area contributed by atoms with Gasteiger partial charge in [0.25, 0.3) is 5.91 Å². The number of aromatic nitrogens is 2. The number of carbonyl (C=O) groups excluding carboxylic acids is 1. The minimum absolute atomic E-state index is 0.0106. The molecule has 31 heavy (non-hydrogen) atoms. The standard InChI is InChI=1S/C23H15F3N4O/c24-16-5-1-3-14(7-16)21-12-22(28-13-27-21)29-19-6-2-4-15(8-19)23(31)30-20-10-17(25)9-18(26)11-20/h1-13H,(H,30,31)(H,27,28,29). The normalized spacial score (nSPS) is 10.5. The Morgan fingerprint density at radius 3 is 2.29 bits per heavy atom. The molecule has 1 aromatic heterocycles. The predicted molar refractivity (Wildman–Crippen MR) is 111 cm³/mol. The summed E-state index contributed by atoms with van der Waals surface area (Å²) in [7, 11) is 0. The highest BCUT2D eigenvalue weighted by Gasteiger charge is 2.10. The molecule has 0 unspecified atom stereocenters. The molecule has 8 heteroatoms. The lowest BCUT2D eigenvalue weighted by atomic mass is 10.1. The van der Waals surface area contributed by atoms with Gasteiger partial charge in [-0.2, -0.15) is 0 Å². The number of nitrogens with zero attached hydrogens (tertiary/aromatic N) is 2. The summed E-state index contributed by atoms with van der Waals surface area (Å²) < 4.78 is 40.1. The molecular weight excluding hydrogens is 405 g/mol. The number of hydrogen-bond donors (Lipinski definition) is 2. The second kappa shape index (κ2) is 8.66. The molecule has 3 aromatic carbocycles. The summed E-state index contributed by atoms with van der Waals surface area (Å²) in [4.78, 5) is 20.8. The smallest absolute Gasteiger partial charge is 0.255 e. The Morgan fingerprint density at radius 1 is 0.742 bits per heavy atom. The van der Waals surface area contributed by atoms with Crippen LogP contribution in [0.25, 0.3) is 11.3 Å². The Morgan fingerprint density at radius 2 is 1.52 bits per heavy atom. The quantitative estimate of drug-likeness (QED) is 0.444. The first-order valence-electron chi connectivity index (χ1n) is 9.19. The van der Waals surface area contributed by atoms with E-state index in [1.54, 1.807) is 42.5 Å². The van der Waals surface area contributed by atoms with Crippen molar-refractivity contribution in [2.75, 3.05) is 10.6 Å². The van der Waals surface area contributed by atoms with Crippen molar-refractivity contribution in [1.29, 1.82) is 0 Å². The highest BCUT2D eigenvalue weighted by Crippen LogP contribution is 2.22. The minimum atomic E-state index is -0.788. The van der Waals surface area contributed by atoms with Gasteiger partial charge in [-0.15, -0.1) is 0 Å². The second-order valence-corrected chi connectivity index (χ2v) is 6.62. The van der Waals surface area contributed by atoms with Gasteiger partial charge < -0.3 is 10.6 Å². The van der Waals surface area contributed by atoms with Crippen LogP contribution >= 0.6 is 0 Å². The lowest BCUT2D eigenvalue weighted by molar-refractivity contribution is 0.102. The fourth-order valence-electron chi connectivity index (χ4n) is 2.95. The zero-order valence-corrected chi connectivity index (χ0v) is 15.9. The largest absolute Gasteiger partial charge is 0.340 e. The number of amides is 1. The molecule has 0 atom stereocenters. The molecule has 5 nitrogen and oxygen atoms in total. The minimum Gasteiger partial charge on any atom is -0.340 e. The Balaban J connectivity index is 1.52. The lowest BCUT2D eigenvalue weighted by Crippen LogP contribution is -2.12. The van der Waals surface area contributed by atoms with E-state index in [1.165, 1.54) is 18.5 Å². The summed E-state index contributed by atoms with van der Waals surface area (Å²) in [6, 6.07) is 17.0. The molecule has 0 bridgehead atoms. The molecule has 0 spiro atoms. The third-order valence-corrected chi connectivity index (χ3v) is 4.31. The van der Waals surface area contributed by atoms with E-state index >= 15 is 0 Å². The van der Waals surface area contributed by atoms with Crippen molar-refractivity contribution < 1.29 is 18.0 Å². The van der Waals surface area contributed by atoms with Crippen molar-refractivity contribution in [3.8, 4) is 11.3 Å². The van der Waals surface area contributed by atoms with E-state index in [9.17, 15) is 18.0 Å². The van der Waals surface area contributed by atoms with Crippen LogP contribution in [0, 0.1) is 17.5 Å². The van der Waals surface area contributed by atoms with Gasteiger partial charge in [0.1, 0.15) is 29.6 Å². The van der Waals surface area contributed by atoms with Crippen LogP contribution in [0.4, 0.5) is 30.4 Å². The zero-order valence-electron chi connectivity index (χ0n) is 15.9. The van der Waals surface area contributed by atoms with E-state index in [2.05, 4.69) is 20.6 Å². The lowest BCUT2D eigenvalue weighted by Gasteiger charge is -2.10. The molecule has 4 rings (SSSR count). The molecule has 1 amide bonds. The zero-order chi connectivity index (χ0) is 21.8. The number of halogens is 3. The SMILES string of the molecule is O=C(Nc1cc(F)cc(F)c1)c1cccc(Nc2cc(-c3cccc(F)c3)ncn2)c1. The molecule has 0 aliphatic heterocycles. The van der Waals surface area contributed by atoms with Gasteiger partial charge in [0, 0.05) is 34.6 Å². The van der Waals surface area contributed by atoms with Crippen LogP contribution < -0.4 is 10.6 Å². The number of anilines is 3. The average molecular weight is 420 g/mol. The van der Waals surface area contributed by atoms with Crippen molar-refractivity contribution in [3.05, 3.63) is 102 Å². The summed E-state index contributed by atoms with van der Waals surface area (Å²) in [5, 5.41) is 5.52. The second-order valence-electron chi connectivity index (χ2n) is 6.62. The van der Waals surface area contributed by atoms with Crippen molar-refractivity contribution in [1.82, 2.24) is 9.97 Å². The topological polar surface area (TPSA) is 66.9 Å². The first-order chi connectivity index (χ1) is 15.0. The molecule has 0 saturated heterocycles. The van der Waals surface area contributed by atoms with Crippen LogP contribution in [-0.2, 0) is 0 Å². The van der Waals surface area contributed by atoms with E-state index in [4.69, 9.17) is 0 Å². The third-order valence-electron chi connectivity index (χ3n) is 4.31. The third kappa shape index (κ3) is 5.05. The Kier molecular flexibility index (Phi) is 5.61. The number of carbonyl (C=O) groups is 1.